The van der Waals surface area contributed by atoms with Crippen LogP contribution in [0.2, 0.25) is 0 Å². The normalized spacial score (nSPS) is 32.1. The van der Waals surface area contributed by atoms with Crippen LogP contribution < -0.4 is 5.32 Å². The van der Waals surface area contributed by atoms with E-state index in [1.807, 2.05) is 0 Å². The van der Waals surface area contributed by atoms with E-state index in [2.05, 4.69) is 27.7 Å². The maximum atomic E-state index is 11.9. The Morgan fingerprint density at radius 2 is 2.40 bits per heavy atom. The molecule has 2 aliphatic carbocycles. The van der Waals surface area contributed by atoms with Crippen LogP contribution in [0.3, 0.4) is 0 Å². The first-order valence-corrected chi connectivity index (χ1v) is 5.31. The molecule has 3 unspecified atom stereocenters. The van der Waals surface area contributed by atoms with Gasteiger partial charge in [0, 0.05) is 12.1 Å². The van der Waals surface area contributed by atoms with E-state index in [0.29, 0.717) is 11.8 Å². The second-order valence-electron chi connectivity index (χ2n) is 4.36. The number of nitrogens with zero attached hydrogens (tertiary/aromatic N) is 1. The van der Waals surface area contributed by atoms with Crippen LogP contribution in [0, 0.1) is 17.8 Å². The molecule has 15 heavy (non-hydrogen) atoms. The summed E-state index contributed by atoms with van der Waals surface area (Å²) in [4.78, 5) is 11.9. The van der Waals surface area contributed by atoms with Crippen LogP contribution >= 0.6 is 0 Å². The Bertz CT molecular complexity index is 396. The van der Waals surface area contributed by atoms with Crippen molar-refractivity contribution in [3.8, 4) is 0 Å². The quantitative estimate of drug-likeness (QED) is 0.717. The number of nitrogens with one attached hydrogen (secondary N) is 2. The number of H-pyrrole nitrogens is 1. The summed E-state index contributed by atoms with van der Waals surface area (Å²) in [6.45, 7) is 0. The van der Waals surface area contributed by atoms with Gasteiger partial charge in [-0.05, 0) is 24.7 Å². The Balaban J connectivity index is 1.68. The van der Waals surface area contributed by atoms with Crippen LogP contribution in [-0.4, -0.2) is 16.1 Å². The zero-order chi connectivity index (χ0) is 10.3. The summed E-state index contributed by atoms with van der Waals surface area (Å²) in [7, 11) is 0. The Labute approximate surface area is 87.8 Å². The van der Waals surface area contributed by atoms with Gasteiger partial charge in [-0.3, -0.25) is 9.89 Å². The molecule has 0 saturated heterocycles. The Morgan fingerprint density at radius 3 is 3.00 bits per heavy atom. The number of rotatable bonds is 2. The predicted molar refractivity (Wildman–Crippen MR) is 56.1 cm³/mol. The Kier molecular flexibility index (Phi) is 1.87. The fraction of sp³-hybridized carbons (Fsp3) is 0.455. The second-order valence-corrected chi connectivity index (χ2v) is 4.36. The molecule has 3 rings (SSSR count). The minimum Gasteiger partial charge on any atom is -0.323 e. The molecule has 1 heterocycles. The minimum absolute atomic E-state index is 0.133. The first-order valence-electron chi connectivity index (χ1n) is 5.31. The molecule has 2 N–H and O–H groups in total. The van der Waals surface area contributed by atoms with E-state index < -0.39 is 0 Å². The number of aromatic amines is 1. The van der Waals surface area contributed by atoms with Crippen molar-refractivity contribution in [2.45, 2.75) is 12.8 Å². The number of carbonyl (C=O) groups is 1. The number of carbonyl (C=O) groups excluding carboxylic acids is 1. The largest absolute Gasteiger partial charge is 0.323 e. The van der Waals surface area contributed by atoms with Crippen molar-refractivity contribution in [1.82, 2.24) is 10.2 Å². The summed E-state index contributed by atoms with van der Waals surface area (Å²) in [5.41, 5.74) is 0.756. The number of hydrogen-bond acceptors (Lipinski definition) is 2. The van der Waals surface area contributed by atoms with Crippen molar-refractivity contribution < 1.29 is 4.79 Å². The summed E-state index contributed by atoms with van der Waals surface area (Å²) in [5, 5.41) is 9.36. The highest BCUT2D eigenvalue weighted by Crippen LogP contribution is 2.43. The van der Waals surface area contributed by atoms with Crippen LogP contribution in [-0.2, 0) is 4.79 Å². The van der Waals surface area contributed by atoms with Gasteiger partial charge in [-0.1, -0.05) is 12.2 Å². The van der Waals surface area contributed by atoms with Crippen LogP contribution in [0.15, 0.2) is 24.5 Å². The summed E-state index contributed by atoms with van der Waals surface area (Å²) in [6.07, 6.45) is 9.91. The van der Waals surface area contributed by atoms with Gasteiger partial charge in [-0.25, -0.2) is 0 Å². The van der Waals surface area contributed by atoms with Crippen molar-refractivity contribution in [3.63, 3.8) is 0 Å². The summed E-state index contributed by atoms with van der Waals surface area (Å²) < 4.78 is 0. The predicted octanol–water partition coefficient (Wildman–Crippen LogP) is 1.56. The van der Waals surface area contributed by atoms with Gasteiger partial charge >= 0.3 is 0 Å². The van der Waals surface area contributed by atoms with Gasteiger partial charge in [0.05, 0.1) is 11.9 Å². The average molecular weight is 203 g/mol. The topological polar surface area (TPSA) is 57.8 Å². The summed E-state index contributed by atoms with van der Waals surface area (Å²) in [6, 6.07) is 0. The van der Waals surface area contributed by atoms with Crippen molar-refractivity contribution >= 4 is 11.6 Å². The zero-order valence-corrected chi connectivity index (χ0v) is 8.31. The molecular formula is C11H13N3O. The van der Waals surface area contributed by atoms with Gasteiger partial charge < -0.3 is 5.32 Å². The van der Waals surface area contributed by atoms with Gasteiger partial charge in [0.15, 0.2) is 0 Å². The number of aromatic nitrogens is 2. The third-order valence-electron chi connectivity index (χ3n) is 3.38. The van der Waals surface area contributed by atoms with Crippen LogP contribution in [0.1, 0.15) is 12.8 Å². The molecule has 1 fully saturated rings. The molecule has 0 radical (unpaired) electrons. The van der Waals surface area contributed by atoms with Crippen molar-refractivity contribution in [3.05, 3.63) is 24.5 Å². The van der Waals surface area contributed by atoms with E-state index in [9.17, 15) is 4.79 Å². The molecule has 1 aromatic rings. The van der Waals surface area contributed by atoms with Crippen LogP contribution in [0.4, 0.5) is 5.69 Å². The van der Waals surface area contributed by atoms with Crippen LogP contribution in [0.25, 0.3) is 0 Å². The Morgan fingerprint density at radius 1 is 1.47 bits per heavy atom. The van der Waals surface area contributed by atoms with Crippen molar-refractivity contribution in [2.75, 3.05) is 5.32 Å². The molecule has 4 heteroatoms. The average Bonchev–Trinajstić information content (AvgIpc) is 2.93. The molecule has 1 aromatic heterocycles. The minimum atomic E-state index is 0.133. The van der Waals surface area contributed by atoms with E-state index >= 15 is 0 Å². The van der Waals surface area contributed by atoms with Crippen molar-refractivity contribution in [2.24, 2.45) is 17.8 Å². The number of amides is 1. The summed E-state index contributed by atoms with van der Waals surface area (Å²) in [5.74, 6) is 1.39. The first kappa shape index (κ1) is 8.71. The molecule has 1 saturated carbocycles. The molecule has 2 aliphatic rings. The third-order valence-corrected chi connectivity index (χ3v) is 3.38. The lowest BCUT2D eigenvalue weighted by atomic mass is 9.93. The lowest BCUT2D eigenvalue weighted by molar-refractivity contribution is -0.120. The molecular weight excluding hydrogens is 190 g/mol. The number of hydrogen-bond donors (Lipinski definition) is 2. The highest BCUT2D eigenvalue weighted by Gasteiger charge is 2.39. The lowest BCUT2D eigenvalue weighted by Crippen LogP contribution is -2.25. The van der Waals surface area contributed by atoms with Gasteiger partial charge in [-0.2, -0.15) is 5.10 Å². The number of allylic oxidation sites excluding steroid dienone is 2. The maximum Gasteiger partial charge on any atom is 0.228 e. The fourth-order valence-corrected chi connectivity index (χ4v) is 2.64. The molecule has 0 spiro atoms. The highest BCUT2D eigenvalue weighted by atomic mass is 16.1. The van der Waals surface area contributed by atoms with Gasteiger partial charge in [0.1, 0.15) is 0 Å². The zero-order valence-electron chi connectivity index (χ0n) is 8.31. The van der Waals surface area contributed by atoms with E-state index in [1.165, 1.54) is 0 Å². The fourth-order valence-electron chi connectivity index (χ4n) is 2.64. The molecule has 0 aliphatic heterocycles. The van der Waals surface area contributed by atoms with E-state index in [1.54, 1.807) is 12.4 Å². The molecule has 78 valence electrons. The van der Waals surface area contributed by atoms with Gasteiger partial charge in [-0.15, -0.1) is 0 Å². The molecule has 1 amide bonds. The third kappa shape index (κ3) is 1.46. The van der Waals surface area contributed by atoms with Crippen LogP contribution in [0.5, 0.6) is 0 Å². The number of anilines is 1. The number of fused-ring (bicyclic) bond motifs is 2. The van der Waals surface area contributed by atoms with E-state index in [0.717, 1.165) is 18.5 Å². The smallest absolute Gasteiger partial charge is 0.228 e. The van der Waals surface area contributed by atoms with E-state index in [-0.39, 0.29) is 11.8 Å². The van der Waals surface area contributed by atoms with E-state index in [4.69, 9.17) is 0 Å². The highest BCUT2D eigenvalue weighted by molar-refractivity contribution is 5.93. The van der Waals surface area contributed by atoms with Gasteiger partial charge in [0.2, 0.25) is 5.91 Å². The van der Waals surface area contributed by atoms with Crippen molar-refractivity contribution in [1.29, 1.82) is 0 Å². The molecule has 4 nitrogen and oxygen atoms in total. The monoisotopic (exact) mass is 203 g/mol. The molecule has 2 bridgehead atoms. The molecule has 0 aromatic carbocycles. The second kappa shape index (κ2) is 3.22. The SMILES string of the molecule is O=C(Nc1cn[nH]c1)C1CC2C=CC1C2. The summed E-state index contributed by atoms with van der Waals surface area (Å²) >= 11 is 0. The first-order chi connectivity index (χ1) is 7.33. The Hall–Kier alpha value is -1.58. The van der Waals surface area contributed by atoms with Gasteiger partial charge in [0.25, 0.3) is 0 Å². The standard InChI is InChI=1S/C11H13N3O/c15-11(14-9-5-12-13-6-9)10-4-7-1-2-8(10)3-7/h1-2,5-8,10H,3-4H2,(H,12,13)(H,14,15). The molecule has 3 atom stereocenters. The maximum absolute atomic E-state index is 11.9. The lowest BCUT2D eigenvalue weighted by Gasteiger charge is -2.16.